The summed E-state index contributed by atoms with van der Waals surface area (Å²) in [4.78, 5) is 43.0. The molecule has 202 valence electrons. The molecule has 2 amide bonds. The van der Waals surface area contributed by atoms with E-state index in [0.29, 0.717) is 17.7 Å². The van der Waals surface area contributed by atoms with Gasteiger partial charge in [0, 0.05) is 43.7 Å². The maximum atomic E-state index is 13.0. The molecule has 1 saturated heterocycles. The van der Waals surface area contributed by atoms with Gasteiger partial charge in [-0.2, -0.15) is 0 Å². The van der Waals surface area contributed by atoms with Crippen LogP contribution in [0.3, 0.4) is 0 Å². The first-order chi connectivity index (χ1) is 18.3. The van der Waals surface area contributed by atoms with Gasteiger partial charge in [0.15, 0.2) is 0 Å². The molecule has 1 fully saturated rings. The third-order valence-corrected chi connectivity index (χ3v) is 7.30. The maximum Gasteiger partial charge on any atom is 0.305 e. The third-order valence-electron chi connectivity index (χ3n) is 7.30. The minimum Gasteiger partial charge on any atom is -0.481 e. The first kappa shape index (κ1) is 27.3. The molecule has 2 aliphatic rings. The van der Waals surface area contributed by atoms with Crippen molar-refractivity contribution in [2.45, 2.75) is 51.5 Å². The van der Waals surface area contributed by atoms with Crippen molar-refractivity contribution in [1.29, 1.82) is 0 Å². The van der Waals surface area contributed by atoms with Gasteiger partial charge in [-0.1, -0.05) is 30.4 Å². The Morgan fingerprint density at radius 3 is 2.68 bits per heavy atom. The molecule has 4 rings (SSSR count). The van der Waals surface area contributed by atoms with E-state index in [0.717, 1.165) is 50.9 Å². The SMILES string of the molecule is Cc1ccc(-c2ccoc2C(=O)NC2CCN(CCC3(CC(=O)NCCC(=O)O)C=CC=CC3)CC2)nc1. The van der Waals surface area contributed by atoms with Crippen molar-refractivity contribution < 1.29 is 23.9 Å². The maximum absolute atomic E-state index is 13.0. The minimum absolute atomic E-state index is 0.0640. The van der Waals surface area contributed by atoms with E-state index in [9.17, 15) is 14.4 Å². The average Bonchev–Trinajstić information content (AvgIpc) is 3.39. The van der Waals surface area contributed by atoms with Gasteiger partial charge in [0.05, 0.1) is 23.9 Å². The summed E-state index contributed by atoms with van der Waals surface area (Å²) in [6.07, 6.45) is 15.0. The highest BCUT2D eigenvalue weighted by Crippen LogP contribution is 2.36. The fraction of sp³-hybridized carbons (Fsp3) is 0.448. The minimum atomic E-state index is -0.923. The predicted molar refractivity (Wildman–Crippen MR) is 143 cm³/mol. The number of allylic oxidation sites excluding steroid dienone is 4. The Morgan fingerprint density at radius 2 is 2.00 bits per heavy atom. The molecule has 9 nitrogen and oxygen atoms in total. The number of aliphatic carboxylic acids is 1. The Bertz CT molecular complexity index is 1180. The van der Waals surface area contributed by atoms with Crippen molar-refractivity contribution in [3.63, 3.8) is 0 Å². The number of piperidine rings is 1. The number of aromatic nitrogens is 1. The molecule has 1 atom stereocenters. The molecular formula is C29H36N4O5. The fourth-order valence-electron chi connectivity index (χ4n) is 5.05. The molecule has 38 heavy (non-hydrogen) atoms. The number of nitrogens with zero attached hydrogens (tertiary/aromatic N) is 2. The standard InChI is InChI=1S/C29H36N4O5/c1-21-5-6-24(31-20-21)23-10-18-38-27(23)28(37)32-22-8-15-33(16-9-22)17-13-29(11-3-2-4-12-29)19-25(34)30-14-7-26(35)36/h2-6,10-11,18,20,22H,7-9,12-17,19H2,1H3,(H,30,34)(H,32,37)(H,35,36). The Morgan fingerprint density at radius 1 is 1.18 bits per heavy atom. The molecule has 0 saturated carbocycles. The summed E-state index contributed by atoms with van der Waals surface area (Å²) in [6.45, 7) is 4.68. The molecule has 2 aromatic rings. The number of likely N-dealkylation sites (tertiary alicyclic amines) is 1. The van der Waals surface area contributed by atoms with Crippen LogP contribution in [0.2, 0.25) is 0 Å². The van der Waals surface area contributed by atoms with E-state index >= 15 is 0 Å². The van der Waals surface area contributed by atoms with E-state index in [1.54, 1.807) is 12.3 Å². The van der Waals surface area contributed by atoms with Crippen molar-refractivity contribution in [3.8, 4) is 11.3 Å². The molecule has 9 heteroatoms. The van der Waals surface area contributed by atoms with E-state index in [1.165, 1.54) is 6.26 Å². The number of rotatable bonds is 11. The number of hydrogen-bond acceptors (Lipinski definition) is 6. The van der Waals surface area contributed by atoms with Crippen LogP contribution in [0.25, 0.3) is 11.3 Å². The summed E-state index contributed by atoms with van der Waals surface area (Å²) in [7, 11) is 0. The highest BCUT2D eigenvalue weighted by atomic mass is 16.4. The summed E-state index contributed by atoms with van der Waals surface area (Å²) in [6, 6.07) is 5.68. The number of carbonyl (C=O) groups excluding carboxylic acids is 2. The van der Waals surface area contributed by atoms with E-state index < -0.39 is 5.97 Å². The number of carboxylic acids is 1. The van der Waals surface area contributed by atoms with Gasteiger partial charge < -0.3 is 25.1 Å². The Labute approximate surface area is 223 Å². The second kappa shape index (κ2) is 12.7. The molecule has 3 heterocycles. The van der Waals surface area contributed by atoms with Crippen molar-refractivity contribution in [2.24, 2.45) is 5.41 Å². The number of carboxylic acid groups (broad SMARTS) is 1. The van der Waals surface area contributed by atoms with Crippen LogP contribution in [0.4, 0.5) is 0 Å². The highest BCUT2D eigenvalue weighted by molar-refractivity contribution is 5.97. The van der Waals surface area contributed by atoms with Gasteiger partial charge in [-0.05, 0) is 56.8 Å². The number of amides is 2. The number of pyridine rings is 1. The normalized spacial score (nSPS) is 19.8. The first-order valence-corrected chi connectivity index (χ1v) is 13.2. The second-order valence-corrected chi connectivity index (χ2v) is 10.2. The van der Waals surface area contributed by atoms with Crippen molar-refractivity contribution in [2.75, 3.05) is 26.2 Å². The fourth-order valence-corrected chi connectivity index (χ4v) is 5.05. The van der Waals surface area contributed by atoms with Crippen LogP contribution in [-0.2, 0) is 9.59 Å². The topological polar surface area (TPSA) is 125 Å². The lowest BCUT2D eigenvalue weighted by atomic mass is 9.75. The van der Waals surface area contributed by atoms with Gasteiger partial charge in [0.25, 0.3) is 5.91 Å². The van der Waals surface area contributed by atoms with Crippen LogP contribution in [0.5, 0.6) is 0 Å². The number of carbonyl (C=O) groups is 3. The van der Waals surface area contributed by atoms with Gasteiger partial charge in [-0.3, -0.25) is 19.4 Å². The molecule has 1 unspecified atom stereocenters. The summed E-state index contributed by atoms with van der Waals surface area (Å²) < 4.78 is 5.52. The van der Waals surface area contributed by atoms with Crippen LogP contribution in [-0.4, -0.2) is 65.0 Å². The molecule has 1 aliphatic heterocycles. The van der Waals surface area contributed by atoms with Crippen LogP contribution in [0.1, 0.15) is 54.6 Å². The van der Waals surface area contributed by atoms with Crippen LogP contribution >= 0.6 is 0 Å². The van der Waals surface area contributed by atoms with Gasteiger partial charge in [-0.25, -0.2) is 0 Å². The quantitative estimate of drug-likeness (QED) is 0.412. The molecule has 0 spiro atoms. The Kier molecular flexibility index (Phi) is 9.12. The zero-order chi connectivity index (χ0) is 27.0. The number of nitrogens with one attached hydrogen (secondary N) is 2. The zero-order valence-corrected chi connectivity index (χ0v) is 21.8. The molecule has 0 radical (unpaired) electrons. The van der Waals surface area contributed by atoms with Gasteiger partial charge in [-0.15, -0.1) is 0 Å². The first-order valence-electron chi connectivity index (χ1n) is 13.2. The van der Waals surface area contributed by atoms with Crippen molar-refractivity contribution in [1.82, 2.24) is 20.5 Å². The Balaban J connectivity index is 1.25. The predicted octanol–water partition coefficient (Wildman–Crippen LogP) is 3.72. The lowest BCUT2D eigenvalue weighted by Gasteiger charge is -2.36. The molecule has 1 aliphatic carbocycles. The number of furan rings is 1. The summed E-state index contributed by atoms with van der Waals surface area (Å²) in [5, 5.41) is 14.7. The van der Waals surface area contributed by atoms with Gasteiger partial charge in [0.2, 0.25) is 11.7 Å². The van der Waals surface area contributed by atoms with E-state index in [4.69, 9.17) is 9.52 Å². The summed E-state index contributed by atoms with van der Waals surface area (Å²) >= 11 is 0. The average molecular weight is 521 g/mol. The highest BCUT2D eigenvalue weighted by Gasteiger charge is 2.32. The van der Waals surface area contributed by atoms with Crippen LogP contribution in [0.15, 0.2) is 59.4 Å². The largest absolute Gasteiger partial charge is 0.481 e. The molecule has 0 bridgehead atoms. The second-order valence-electron chi connectivity index (χ2n) is 10.2. The summed E-state index contributed by atoms with van der Waals surface area (Å²) in [5.41, 5.74) is 2.18. The molecular weight excluding hydrogens is 484 g/mol. The molecule has 2 aromatic heterocycles. The smallest absolute Gasteiger partial charge is 0.305 e. The lowest BCUT2D eigenvalue weighted by Crippen LogP contribution is -2.45. The van der Waals surface area contributed by atoms with Gasteiger partial charge in [0.1, 0.15) is 0 Å². The molecule has 0 aromatic carbocycles. The van der Waals surface area contributed by atoms with Crippen LogP contribution < -0.4 is 10.6 Å². The molecule has 3 N–H and O–H groups in total. The van der Waals surface area contributed by atoms with Gasteiger partial charge >= 0.3 is 5.97 Å². The van der Waals surface area contributed by atoms with E-state index in [-0.39, 0.29) is 42.0 Å². The monoisotopic (exact) mass is 520 g/mol. The Hall–Kier alpha value is -3.72. The van der Waals surface area contributed by atoms with E-state index in [1.807, 2.05) is 31.2 Å². The number of hydrogen-bond donors (Lipinski definition) is 3. The lowest BCUT2D eigenvalue weighted by molar-refractivity contribution is -0.136. The van der Waals surface area contributed by atoms with Crippen LogP contribution in [0, 0.1) is 12.3 Å². The van der Waals surface area contributed by atoms with Crippen molar-refractivity contribution >= 4 is 17.8 Å². The van der Waals surface area contributed by atoms with Crippen molar-refractivity contribution in [3.05, 3.63) is 66.3 Å². The number of aryl methyl sites for hydroxylation is 1. The summed E-state index contributed by atoms with van der Waals surface area (Å²) in [5.74, 6) is -0.985. The van der Waals surface area contributed by atoms with E-state index in [2.05, 4.69) is 32.7 Å². The zero-order valence-electron chi connectivity index (χ0n) is 21.8. The third kappa shape index (κ3) is 7.41.